The average molecular weight is 249 g/mol. The Labute approximate surface area is 100 Å². The number of thiophene rings is 1. The van der Waals surface area contributed by atoms with Crippen LogP contribution >= 0.6 is 23.7 Å². The summed E-state index contributed by atoms with van der Waals surface area (Å²) in [4.78, 5) is 11.3. The van der Waals surface area contributed by atoms with Crippen molar-refractivity contribution < 1.29 is 4.79 Å². The second kappa shape index (κ2) is 7.68. The molecule has 0 unspecified atom stereocenters. The number of amides is 1. The summed E-state index contributed by atoms with van der Waals surface area (Å²) in [5, 5.41) is 6.94. The van der Waals surface area contributed by atoms with Crippen molar-refractivity contribution in [3.8, 4) is 0 Å². The average Bonchev–Trinajstić information content (AvgIpc) is 2.69. The Bertz CT molecular complexity index is 277. The van der Waals surface area contributed by atoms with Gasteiger partial charge in [-0.25, -0.2) is 0 Å². The van der Waals surface area contributed by atoms with Gasteiger partial charge in [0.1, 0.15) is 0 Å². The summed E-state index contributed by atoms with van der Waals surface area (Å²) in [6.45, 7) is 2.58. The fourth-order valence-corrected chi connectivity index (χ4v) is 1.78. The molecule has 0 aliphatic carbocycles. The molecule has 3 nitrogen and oxygen atoms in total. The van der Waals surface area contributed by atoms with Crippen LogP contribution < -0.4 is 11.1 Å². The standard InChI is InChI=1S/C10H16N2OS.ClH/c1-2-9(11)10(13)12-5-3-8-4-6-14-7-8;/h4,6-7,9H,2-3,5,11H2,1H3,(H,12,13);1H/t9-;/m0./s1. The van der Waals surface area contributed by atoms with Crippen LogP contribution in [-0.2, 0) is 11.2 Å². The molecule has 3 N–H and O–H groups in total. The predicted molar refractivity (Wildman–Crippen MR) is 66.5 cm³/mol. The van der Waals surface area contributed by atoms with Gasteiger partial charge in [-0.1, -0.05) is 6.92 Å². The first-order valence-electron chi connectivity index (χ1n) is 4.78. The Balaban J connectivity index is 0.00000196. The highest BCUT2D eigenvalue weighted by molar-refractivity contribution is 7.07. The molecule has 0 radical (unpaired) electrons. The van der Waals surface area contributed by atoms with Crippen LogP contribution in [0.25, 0.3) is 0 Å². The number of carbonyl (C=O) groups excluding carboxylic acids is 1. The van der Waals surface area contributed by atoms with Gasteiger partial charge in [-0.15, -0.1) is 12.4 Å². The summed E-state index contributed by atoms with van der Waals surface area (Å²) in [5.74, 6) is -0.0530. The molecule has 0 aromatic carbocycles. The summed E-state index contributed by atoms with van der Waals surface area (Å²) >= 11 is 1.67. The molecule has 1 aromatic rings. The summed E-state index contributed by atoms with van der Waals surface area (Å²) < 4.78 is 0. The Hall–Kier alpha value is -0.580. The second-order valence-corrected chi connectivity index (χ2v) is 3.97. The number of nitrogens with one attached hydrogen (secondary N) is 1. The van der Waals surface area contributed by atoms with Crippen molar-refractivity contribution in [1.82, 2.24) is 5.32 Å². The molecule has 0 aliphatic rings. The zero-order valence-corrected chi connectivity index (χ0v) is 10.4. The largest absolute Gasteiger partial charge is 0.354 e. The maximum Gasteiger partial charge on any atom is 0.236 e. The molecule has 0 aliphatic heterocycles. The van der Waals surface area contributed by atoms with E-state index in [-0.39, 0.29) is 24.4 Å². The highest BCUT2D eigenvalue weighted by atomic mass is 35.5. The van der Waals surface area contributed by atoms with E-state index in [2.05, 4.69) is 16.8 Å². The molecular weight excluding hydrogens is 232 g/mol. The van der Waals surface area contributed by atoms with Crippen LogP contribution in [0.5, 0.6) is 0 Å². The van der Waals surface area contributed by atoms with Gasteiger partial charge in [0, 0.05) is 6.54 Å². The van der Waals surface area contributed by atoms with Gasteiger partial charge < -0.3 is 11.1 Å². The summed E-state index contributed by atoms with van der Waals surface area (Å²) in [7, 11) is 0. The van der Waals surface area contributed by atoms with Crippen molar-refractivity contribution in [3.63, 3.8) is 0 Å². The number of nitrogens with two attached hydrogens (primary N) is 1. The molecule has 0 bridgehead atoms. The first kappa shape index (κ1) is 14.4. The first-order valence-corrected chi connectivity index (χ1v) is 5.72. The van der Waals surface area contributed by atoms with Gasteiger partial charge in [0.2, 0.25) is 5.91 Å². The SMILES string of the molecule is CC[C@H](N)C(=O)NCCc1ccsc1.Cl. The molecular formula is C10H17ClN2OS. The predicted octanol–water partition coefficient (Wildman–Crippen LogP) is 1.57. The van der Waals surface area contributed by atoms with Gasteiger partial charge in [0.15, 0.2) is 0 Å². The number of rotatable bonds is 5. The zero-order valence-electron chi connectivity index (χ0n) is 8.73. The molecule has 1 aromatic heterocycles. The smallest absolute Gasteiger partial charge is 0.236 e. The molecule has 0 spiro atoms. The summed E-state index contributed by atoms with van der Waals surface area (Å²) in [5.41, 5.74) is 6.83. The van der Waals surface area contributed by atoms with Crippen molar-refractivity contribution >= 4 is 29.7 Å². The fourth-order valence-electron chi connectivity index (χ4n) is 1.08. The van der Waals surface area contributed by atoms with Crippen LogP contribution in [0.2, 0.25) is 0 Å². The van der Waals surface area contributed by atoms with Crippen LogP contribution in [0, 0.1) is 0 Å². The van der Waals surface area contributed by atoms with Crippen molar-refractivity contribution in [2.24, 2.45) is 5.73 Å². The lowest BCUT2D eigenvalue weighted by Gasteiger charge is -2.09. The quantitative estimate of drug-likeness (QED) is 0.831. The molecule has 0 saturated carbocycles. The normalized spacial score (nSPS) is 11.6. The Morgan fingerprint density at radius 3 is 2.93 bits per heavy atom. The minimum Gasteiger partial charge on any atom is -0.354 e. The van der Waals surface area contributed by atoms with E-state index in [9.17, 15) is 4.79 Å². The number of halogens is 1. The van der Waals surface area contributed by atoms with E-state index in [0.29, 0.717) is 13.0 Å². The van der Waals surface area contributed by atoms with E-state index in [1.165, 1.54) is 5.56 Å². The van der Waals surface area contributed by atoms with Crippen molar-refractivity contribution in [2.45, 2.75) is 25.8 Å². The summed E-state index contributed by atoms with van der Waals surface area (Å²) in [6, 6.07) is 1.70. The van der Waals surface area contributed by atoms with E-state index >= 15 is 0 Å². The lowest BCUT2D eigenvalue weighted by Crippen LogP contribution is -2.40. The van der Waals surface area contributed by atoms with E-state index in [1.807, 2.05) is 12.3 Å². The number of carbonyl (C=O) groups is 1. The third kappa shape index (κ3) is 5.16. The molecule has 1 rings (SSSR count). The molecule has 1 heterocycles. The topological polar surface area (TPSA) is 55.1 Å². The van der Waals surface area contributed by atoms with Crippen molar-refractivity contribution in [1.29, 1.82) is 0 Å². The lowest BCUT2D eigenvalue weighted by molar-refractivity contribution is -0.122. The minimum absolute atomic E-state index is 0. The molecule has 1 atom stereocenters. The highest BCUT2D eigenvalue weighted by Crippen LogP contribution is 2.05. The Morgan fingerprint density at radius 2 is 2.40 bits per heavy atom. The van der Waals surface area contributed by atoms with Gasteiger partial charge in [0.05, 0.1) is 6.04 Å². The number of hydrogen-bond donors (Lipinski definition) is 2. The van der Waals surface area contributed by atoms with Gasteiger partial charge in [-0.2, -0.15) is 11.3 Å². The zero-order chi connectivity index (χ0) is 10.4. The summed E-state index contributed by atoms with van der Waals surface area (Å²) in [6.07, 6.45) is 1.57. The van der Waals surface area contributed by atoms with Gasteiger partial charge in [0.25, 0.3) is 0 Å². The number of hydrogen-bond acceptors (Lipinski definition) is 3. The Morgan fingerprint density at radius 1 is 1.67 bits per heavy atom. The van der Waals surface area contributed by atoms with Gasteiger partial charge in [-0.3, -0.25) is 4.79 Å². The molecule has 86 valence electrons. The molecule has 1 amide bonds. The second-order valence-electron chi connectivity index (χ2n) is 3.19. The third-order valence-corrected chi connectivity index (χ3v) is 2.80. The molecule has 0 saturated heterocycles. The molecule has 5 heteroatoms. The first-order chi connectivity index (χ1) is 6.74. The minimum atomic E-state index is -0.363. The van der Waals surface area contributed by atoms with E-state index in [0.717, 1.165) is 6.42 Å². The van der Waals surface area contributed by atoms with Crippen LogP contribution in [0.1, 0.15) is 18.9 Å². The van der Waals surface area contributed by atoms with Crippen LogP contribution in [0.4, 0.5) is 0 Å². The highest BCUT2D eigenvalue weighted by Gasteiger charge is 2.09. The van der Waals surface area contributed by atoms with E-state index < -0.39 is 0 Å². The molecule has 15 heavy (non-hydrogen) atoms. The van der Waals surface area contributed by atoms with Crippen LogP contribution in [-0.4, -0.2) is 18.5 Å². The van der Waals surface area contributed by atoms with Crippen molar-refractivity contribution in [2.75, 3.05) is 6.54 Å². The van der Waals surface area contributed by atoms with E-state index in [1.54, 1.807) is 11.3 Å². The maximum atomic E-state index is 11.3. The van der Waals surface area contributed by atoms with Crippen LogP contribution in [0.3, 0.4) is 0 Å². The van der Waals surface area contributed by atoms with Gasteiger partial charge in [-0.05, 0) is 35.2 Å². The van der Waals surface area contributed by atoms with Gasteiger partial charge >= 0.3 is 0 Å². The van der Waals surface area contributed by atoms with Crippen LogP contribution in [0.15, 0.2) is 16.8 Å². The maximum absolute atomic E-state index is 11.3. The third-order valence-electron chi connectivity index (χ3n) is 2.07. The van der Waals surface area contributed by atoms with Crippen molar-refractivity contribution in [3.05, 3.63) is 22.4 Å². The molecule has 0 fully saturated rings. The fraction of sp³-hybridized carbons (Fsp3) is 0.500. The monoisotopic (exact) mass is 248 g/mol. The Kier molecular flexibility index (Phi) is 7.38. The lowest BCUT2D eigenvalue weighted by atomic mass is 10.2. The van der Waals surface area contributed by atoms with E-state index in [4.69, 9.17) is 5.73 Å².